The fourth-order valence-electron chi connectivity index (χ4n) is 2.90. The van der Waals surface area contributed by atoms with Crippen molar-refractivity contribution in [1.82, 2.24) is 15.2 Å². The molecular formula is C17H20Cl2F3N3O. The van der Waals surface area contributed by atoms with Gasteiger partial charge in [-0.25, -0.2) is 0 Å². The van der Waals surface area contributed by atoms with Crippen molar-refractivity contribution in [2.75, 3.05) is 26.2 Å². The van der Waals surface area contributed by atoms with Gasteiger partial charge in [-0.3, -0.25) is 9.88 Å². The second kappa shape index (κ2) is 9.97. The van der Waals surface area contributed by atoms with Crippen LogP contribution < -0.4 is 10.1 Å². The van der Waals surface area contributed by atoms with Crippen LogP contribution in [0.15, 0.2) is 48.7 Å². The molecule has 1 aliphatic heterocycles. The third-order valence-electron chi connectivity index (χ3n) is 3.91. The van der Waals surface area contributed by atoms with Gasteiger partial charge in [-0.05, 0) is 29.8 Å². The smallest absolute Gasteiger partial charge is 0.406 e. The summed E-state index contributed by atoms with van der Waals surface area (Å²) in [5.74, 6) is -0.216. The van der Waals surface area contributed by atoms with E-state index < -0.39 is 6.36 Å². The van der Waals surface area contributed by atoms with E-state index in [1.807, 2.05) is 18.2 Å². The Morgan fingerprint density at radius 3 is 2.19 bits per heavy atom. The number of hydrogen-bond acceptors (Lipinski definition) is 4. The van der Waals surface area contributed by atoms with Crippen LogP contribution in [0, 0.1) is 0 Å². The Bertz CT molecular complexity index is 651. The van der Waals surface area contributed by atoms with Crippen LogP contribution in [0.5, 0.6) is 5.75 Å². The Morgan fingerprint density at radius 1 is 1.00 bits per heavy atom. The summed E-state index contributed by atoms with van der Waals surface area (Å²) in [4.78, 5) is 6.72. The van der Waals surface area contributed by atoms with E-state index in [9.17, 15) is 13.2 Å². The molecule has 1 atom stereocenters. The first-order valence-corrected chi connectivity index (χ1v) is 7.74. The summed E-state index contributed by atoms with van der Waals surface area (Å²) in [7, 11) is 0. The van der Waals surface area contributed by atoms with Crippen molar-refractivity contribution in [1.29, 1.82) is 0 Å². The van der Waals surface area contributed by atoms with Crippen molar-refractivity contribution in [3.05, 3.63) is 59.9 Å². The zero-order valence-electron chi connectivity index (χ0n) is 13.8. The van der Waals surface area contributed by atoms with Crippen molar-refractivity contribution < 1.29 is 17.9 Å². The number of benzene rings is 1. The van der Waals surface area contributed by atoms with Gasteiger partial charge in [0.1, 0.15) is 5.75 Å². The van der Waals surface area contributed by atoms with Gasteiger partial charge in [0.2, 0.25) is 0 Å². The molecule has 2 aromatic rings. The van der Waals surface area contributed by atoms with Crippen molar-refractivity contribution in [2.24, 2.45) is 0 Å². The average molecular weight is 410 g/mol. The molecule has 0 amide bonds. The van der Waals surface area contributed by atoms with Crippen molar-refractivity contribution >= 4 is 24.8 Å². The molecule has 0 bridgehead atoms. The molecule has 0 radical (unpaired) electrons. The number of nitrogens with one attached hydrogen (secondary N) is 1. The van der Waals surface area contributed by atoms with Crippen LogP contribution in [0.25, 0.3) is 0 Å². The quantitative estimate of drug-likeness (QED) is 0.832. The molecule has 4 nitrogen and oxygen atoms in total. The molecule has 1 aromatic heterocycles. The zero-order chi connectivity index (χ0) is 17.0. The summed E-state index contributed by atoms with van der Waals surface area (Å²) in [6.45, 7) is 3.45. The maximum Gasteiger partial charge on any atom is 0.573 e. The summed E-state index contributed by atoms with van der Waals surface area (Å²) in [6.07, 6.45) is -2.95. The fraction of sp³-hybridized carbons (Fsp3) is 0.353. The number of pyridine rings is 1. The van der Waals surface area contributed by atoms with Crippen molar-refractivity contribution in [2.45, 2.75) is 12.4 Å². The van der Waals surface area contributed by atoms with Gasteiger partial charge in [-0.1, -0.05) is 18.2 Å². The van der Waals surface area contributed by atoms with Gasteiger partial charge in [0.25, 0.3) is 0 Å². The number of nitrogens with zero attached hydrogens (tertiary/aromatic N) is 2. The number of piperazine rings is 1. The van der Waals surface area contributed by atoms with Crippen LogP contribution in [-0.2, 0) is 0 Å². The van der Waals surface area contributed by atoms with Crippen molar-refractivity contribution in [3.63, 3.8) is 0 Å². The Hall–Kier alpha value is -1.54. The van der Waals surface area contributed by atoms with Gasteiger partial charge < -0.3 is 10.1 Å². The molecule has 26 heavy (non-hydrogen) atoms. The molecule has 0 unspecified atom stereocenters. The van der Waals surface area contributed by atoms with Gasteiger partial charge in [-0.2, -0.15) is 0 Å². The Balaban J connectivity index is 0.00000169. The molecule has 1 aromatic carbocycles. The molecule has 0 saturated carbocycles. The second-order valence-electron chi connectivity index (χ2n) is 5.56. The van der Waals surface area contributed by atoms with Crippen LogP contribution >= 0.6 is 24.8 Å². The van der Waals surface area contributed by atoms with Crippen LogP contribution in [0.1, 0.15) is 17.3 Å². The normalized spacial score (nSPS) is 16.1. The van der Waals surface area contributed by atoms with E-state index >= 15 is 0 Å². The number of alkyl halides is 3. The largest absolute Gasteiger partial charge is 0.573 e. The monoisotopic (exact) mass is 409 g/mol. The third kappa shape index (κ3) is 6.02. The van der Waals surface area contributed by atoms with E-state index in [1.165, 1.54) is 12.1 Å². The van der Waals surface area contributed by atoms with Crippen LogP contribution in [0.2, 0.25) is 0 Å². The molecule has 1 aliphatic rings. The van der Waals surface area contributed by atoms with Crippen molar-refractivity contribution in [3.8, 4) is 5.75 Å². The SMILES string of the molecule is Cl.Cl.FC(F)(F)Oc1ccc([C@@H](c2ccccn2)N2CCNCC2)cc1. The highest BCUT2D eigenvalue weighted by Crippen LogP contribution is 2.30. The lowest BCUT2D eigenvalue weighted by atomic mass is 10.0. The molecule has 9 heteroatoms. The molecule has 3 rings (SSSR count). The lowest BCUT2D eigenvalue weighted by Gasteiger charge is -2.35. The number of aromatic nitrogens is 1. The van der Waals surface area contributed by atoms with Crippen LogP contribution in [-0.4, -0.2) is 42.4 Å². The average Bonchev–Trinajstić information content (AvgIpc) is 2.57. The van der Waals surface area contributed by atoms with E-state index in [-0.39, 0.29) is 36.6 Å². The molecule has 1 fully saturated rings. The number of halogens is 5. The Kier molecular flexibility index (Phi) is 8.62. The maximum atomic E-state index is 12.3. The topological polar surface area (TPSA) is 37.4 Å². The highest BCUT2D eigenvalue weighted by atomic mass is 35.5. The Morgan fingerprint density at radius 2 is 1.65 bits per heavy atom. The summed E-state index contributed by atoms with van der Waals surface area (Å²) in [6, 6.07) is 11.6. The third-order valence-corrected chi connectivity index (χ3v) is 3.91. The summed E-state index contributed by atoms with van der Waals surface area (Å²) >= 11 is 0. The minimum absolute atomic E-state index is 0. The van der Waals surface area contributed by atoms with Crippen LogP contribution in [0.4, 0.5) is 13.2 Å². The highest BCUT2D eigenvalue weighted by molar-refractivity contribution is 5.85. The molecule has 1 saturated heterocycles. The molecule has 144 valence electrons. The maximum absolute atomic E-state index is 12.3. The van der Waals surface area contributed by atoms with E-state index in [1.54, 1.807) is 18.3 Å². The van der Waals surface area contributed by atoms with E-state index in [2.05, 4.69) is 19.9 Å². The number of ether oxygens (including phenoxy) is 1. The van der Waals surface area contributed by atoms with Gasteiger partial charge in [0.15, 0.2) is 0 Å². The molecule has 0 aliphatic carbocycles. The summed E-state index contributed by atoms with van der Waals surface area (Å²) in [5, 5.41) is 3.30. The van der Waals surface area contributed by atoms with E-state index in [0.717, 1.165) is 37.4 Å². The minimum Gasteiger partial charge on any atom is -0.406 e. The number of rotatable bonds is 4. The van der Waals surface area contributed by atoms with Gasteiger partial charge in [-0.15, -0.1) is 38.0 Å². The van der Waals surface area contributed by atoms with E-state index in [0.29, 0.717) is 0 Å². The van der Waals surface area contributed by atoms with E-state index in [4.69, 9.17) is 0 Å². The first-order valence-electron chi connectivity index (χ1n) is 7.74. The lowest BCUT2D eigenvalue weighted by Crippen LogP contribution is -2.45. The zero-order valence-corrected chi connectivity index (χ0v) is 15.4. The predicted molar refractivity (Wildman–Crippen MR) is 98.1 cm³/mol. The first-order chi connectivity index (χ1) is 11.5. The molecule has 2 heterocycles. The van der Waals surface area contributed by atoms with Gasteiger partial charge in [0, 0.05) is 32.4 Å². The minimum atomic E-state index is -4.68. The standard InChI is InChI=1S/C17H18F3N3O.2ClH/c18-17(19,20)24-14-6-4-13(5-7-14)16(15-3-1-2-8-22-15)23-11-9-21-10-12-23;;/h1-8,16,21H,9-12H2;2*1H/t16-;;/m0../s1. The molecular weight excluding hydrogens is 390 g/mol. The first kappa shape index (κ1) is 22.5. The molecule has 1 N–H and O–H groups in total. The number of hydrogen-bond donors (Lipinski definition) is 1. The lowest BCUT2D eigenvalue weighted by molar-refractivity contribution is -0.274. The fourth-order valence-corrected chi connectivity index (χ4v) is 2.90. The van der Waals surface area contributed by atoms with Gasteiger partial charge >= 0.3 is 6.36 Å². The predicted octanol–water partition coefficient (Wildman–Crippen LogP) is 3.82. The summed E-state index contributed by atoms with van der Waals surface area (Å²) < 4.78 is 40.9. The molecule has 0 spiro atoms. The highest BCUT2D eigenvalue weighted by Gasteiger charge is 2.31. The van der Waals surface area contributed by atoms with Gasteiger partial charge in [0.05, 0.1) is 11.7 Å². The summed E-state index contributed by atoms with van der Waals surface area (Å²) in [5.41, 5.74) is 1.77. The van der Waals surface area contributed by atoms with Crippen LogP contribution in [0.3, 0.4) is 0 Å². The Labute approximate surface area is 162 Å². The second-order valence-corrected chi connectivity index (χ2v) is 5.56.